The van der Waals surface area contributed by atoms with E-state index in [0.29, 0.717) is 5.75 Å². The first-order valence-corrected chi connectivity index (χ1v) is 8.35. The summed E-state index contributed by atoms with van der Waals surface area (Å²) in [6.07, 6.45) is 6.63. The number of phosphoric ester groups is 1. The van der Waals surface area contributed by atoms with Crippen molar-refractivity contribution >= 4 is 25.2 Å². The Morgan fingerprint density at radius 1 is 1.05 bits per heavy atom. The third-order valence-corrected chi connectivity index (χ3v) is 3.67. The lowest BCUT2D eigenvalue weighted by atomic mass is 10.1. The van der Waals surface area contributed by atoms with Crippen LogP contribution in [-0.2, 0) is 9.09 Å². The van der Waals surface area contributed by atoms with E-state index >= 15 is 0 Å². The van der Waals surface area contributed by atoms with Crippen LogP contribution in [-0.4, -0.2) is 28.9 Å². The molecular formula is C14H26AlO4P. The highest BCUT2D eigenvalue weighted by Crippen LogP contribution is 2.43. The molecule has 1 aromatic rings. The van der Waals surface area contributed by atoms with Crippen LogP contribution in [0.25, 0.3) is 0 Å². The van der Waals surface area contributed by atoms with Gasteiger partial charge in [-0.1, -0.05) is 57.2 Å². The summed E-state index contributed by atoms with van der Waals surface area (Å²) in [5, 5.41) is 0. The van der Waals surface area contributed by atoms with Crippen molar-refractivity contribution in [2.45, 2.75) is 45.4 Å². The predicted molar refractivity (Wildman–Crippen MR) is 86.2 cm³/mol. The van der Waals surface area contributed by atoms with Gasteiger partial charge in [0.05, 0.1) is 6.61 Å². The molecule has 20 heavy (non-hydrogen) atoms. The Kier molecular flexibility index (Phi) is 11.2. The van der Waals surface area contributed by atoms with Gasteiger partial charge in [-0.15, -0.1) is 0 Å². The van der Waals surface area contributed by atoms with Gasteiger partial charge in [-0.05, 0) is 18.6 Å². The van der Waals surface area contributed by atoms with Crippen molar-refractivity contribution in [1.82, 2.24) is 0 Å². The minimum Gasteiger partial charge on any atom is -0.404 e. The van der Waals surface area contributed by atoms with Crippen molar-refractivity contribution in [2.24, 2.45) is 0 Å². The molecule has 0 aliphatic heterocycles. The minimum absolute atomic E-state index is 0. The summed E-state index contributed by atoms with van der Waals surface area (Å²) in [6.45, 7) is 2.43. The predicted octanol–water partition coefficient (Wildman–Crippen LogP) is 3.36. The molecule has 1 unspecified atom stereocenters. The van der Waals surface area contributed by atoms with Crippen LogP contribution < -0.4 is 4.52 Å². The average molecular weight is 316 g/mol. The van der Waals surface area contributed by atoms with Crippen molar-refractivity contribution in [3.05, 3.63) is 30.3 Å². The van der Waals surface area contributed by atoms with Gasteiger partial charge in [0.25, 0.3) is 0 Å². The normalized spacial score (nSPS) is 13.3. The van der Waals surface area contributed by atoms with Crippen molar-refractivity contribution < 1.29 is 18.5 Å². The van der Waals surface area contributed by atoms with Crippen molar-refractivity contribution in [3.63, 3.8) is 0 Å². The Morgan fingerprint density at radius 3 is 2.30 bits per heavy atom. The van der Waals surface area contributed by atoms with E-state index < -0.39 is 7.82 Å². The van der Waals surface area contributed by atoms with Crippen molar-refractivity contribution in [2.75, 3.05) is 6.61 Å². The average Bonchev–Trinajstić information content (AvgIpc) is 2.38. The maximum Gasteiger partial charge on any atom is 0.527 e. The summed E-state index contributed by atoms with van der Waals surface area (Å²) in [7, 11) is -3.98. The number of unbranched alkanes of at least 4 members (excludes halogenated alkanes) is 5. The maximum atomic E-state index is 11.6. The van der Waals surface area contributed by atoms with E-state index in [1.807, 2.05) is 6.07 Å². The lowest BCUT2D eigenvalue weighted by molar-refractivity contribution is 0.199. The summed E-state index contributed by atoms with van der Waals surface area (Å²) in [5.74, 6) is 0.344. The summed E-state index contributed by atoms with van der Waals surface area (Å²) >= 11 is 0. The van der Waals surface area contributed by atoms with Crippen LogP contribution in [0.15, 0.2) is 30.3 Å². The van der Waals surface area contributed by atoms with Gasteiger partial charge >= 0.3 is 7.82 Å². The Bertz CT molecular complexity index is 386. The summed E-state index contributed by atoms with van der Waals surface area (Å²) < 4.78 is 21.5. The van der Waals surface area contributed by atoms with Gasteiger partial charge in [0, 0.05) is 0 Å². The summed E-state index contributed by atoms with van der Waals surface area (Å²) in [5.41, 5.74) is 0. The fraction of sp³-hybridized carbons (Fsp3) is 0.571. The molecular weight excluding hydrogens is 290 g/mol. The van der Waals surface area contributed by atoms with Crippen LogP contribution >= 0.6 is 7.82 Å². The quantitative estimate of drug-likeness (QED) is 0.408. The van der Waals surface area contributed by atoms with Crippen molar-refractivity contribution in [3.8, 4) is 5.75 Å². The molecule has 0 aliphatic rings. The molecule has 0 spiro atoms. The van der Waals surface area contributed by atoms with Gasteiger partial charge in [-0.3, -0.25) is 9.42 Å². The van der Waals surface area contributed by atoms with E-state index in [1.54, 1.807) is 24.3 Å². The molecule has 0 saturated carbocycles. The monoisotopic (exact) mass is 316 g/mol. The molecule has 0 radical (unpaired) electrons. The molecule has 0 fully saturated rings. The number of hydrogen-bond acceptors (Lipinski definition) is 3. The molecule has 0 bridgehead atoms. The van der Waals surface area contributed by atoms with Crippen LogP contribution in [0.5, 0.6) is 5.75 Å². The summed E-state index contributed by atoms with van der Waals surface area (Å²) in [6, 6.07) is 8.53. The van der Waals surface area contributed by atoms with Crippen LogP contribution in [0.1, 0.15) is 45.4 Å². The fourth-order valence-electron chi connectivity index (χ4n) is 1.70. The molecule has 114 valence electrons. The van der Waals surface area contributed by atoms with Gasteiger partial charge in [-0.2, -0.15) is 0 Å². The third-order valence-electron chi connectivity index (χ3n) is 2.72. The van der Waals surface area contributed by atoms with Gasteiger partial charge in [0.15, 0.2) is 17.4 Å². The molecule has 0 amide bonds. The second kappa shape index (κ2) is 11.4. The first kappa shape index (κ1) is 19.7. The van der Waals surface area contributed by atoms with Gasteiger partial charge in [0.1, 0.15) is 5.75 Å². The highest BCUT2D eigenvalue weighted by Gasteiger charge is 2.22. The van der Waals surface area contributed by atoms with Crippen LogP contribution in [0, 0.1) is 0 Å². The molecule has 1 rings (SSSR count). The molecule has 1 atom stereocenters. The zero-order valence-corrected chi connectivity index (χ0v) is 12.4. The Morgan fingerprint density at radius 2 is 1.65 bits per heavy atom. The van der Waals surface area contributed by atoms with E-state index in [0.717, 1.165) is 19.3 Å². The van der Waals surface area contributed by atoms with E-state index in [9.17, 15) is 9.46 Å². The number of phosphoric acid groups is 1. The van der Waals surface area contributed by atoms with Crippen LogP contribution in [0.4, 0.5) is 0 Å². The van der Waals surface area contributed by atoms with E-state index in [-0.39, 0.29) is 24.0 Å². The zero-order chi connectivity index (χ0) is 14.0. The van der Waals surface area contributed by atoms with Crippen LogP contribution in [0.3, 0.4) is 0 Å². The fourth-order valence-corrected chi connectivity index (χ4v) is 2.50. The SMILES string of the molecule is CCCCCCCCOP(=O)(O)Oc1ccccc1.[AlH3]. The summed E-state index contributed by atoms with van der Waals surface area (Å²) in [4.78, 5) is 9.52. The Balaban J connectivity index is 0.00000361. The van der Waals surface area contributed by atoms with Gasteiger partial charge in [0.2, 0.25) is 0 Å². The molecule has 0 heterocycles. The van der Waals surface area contributed by atoms with E-state index in [2.05, 4.69) is 6.92 Å². The molecule has 0 aliphatic carbocycles. The number of hydrogen-bond donors (Lipinski definition) is 1. The third kappa shape index (κ3) is 9.58. The zero-order valence-electron chi connectivity index (χ0n) is 11.5. The minimum atomic E-state index is -3.98. The highest BCUT2D eigenvalue weighted by atomic mass is 31.2. The topological polar surface area (TPSA) is 55.8 Å². The standard InChI is InChI=1S/C14H23O4P.Al.3H/c1-2-3-4-5-6-10-13-17-19(15,16)18-14-11-8-7-9-12-14;;;;/h7-9,11-12H,2-6,10,13H2,1H3,(H,15,16);;;;. The molecule has 1 aromatic carbocycles. The molecule has 1 N–H and O–H groups in total. The highest BCUT2D eigenvalue weighted by molar-refractivity contribution is 7.47. The lowest BCUT2D eigenvalue weighted by Gasteiger charge is -2.12. The van der Waals surface area contributed by atoms with Gasteiger partial charge < -0.3 is 4.52 Å². The number of benzene rings is 1. The van der Waals surface area contributed by atoms with E-state index in [1.165, 1.54) is 19.3 Å². The molecule has 0 saturated heterocycles. The molecule has 0 aromatic heterocycles. The van der Waals surface area contributed by atoms with Gasteiger partial charge in [-0.25, -0.2) is 4.57 Å². The lowest BCUT2D eigenvalue weighted by Crippen LogP contribution is -1.99. The number of rotatable bonds is 10. The first-order chi connectivity index (χ1) is 9.14. The molecule has 6 heteroatoms. The molecule has 4 nitrogen and oxygen atoms in total. The smallest absolute Gasteiger partial charge is 0.404 e. The van der Waals surface area contributed by atoms with E-state index in [4.69, 9.17) is 9.05 Å². The Hall–Kier alpha value is -0.298. The number of para-hydroxylation sites is 1. The largest absolute Gasteiger partial charge is 0.527 e. The second-order valence-electron chi connectivity index (χ2n) is 4.47. The van der Waals surface area contributed by atoms with Crippen molar-refractivity contribution in [1.29, 1.82) is 0 Å². The second-order valence-corrected chi connectivity index (χ2v) is 5.85. The van der Waals surface area contributed by atoms with Crippen LogP contribution in [0.2, 0.25) is 0 Å². The first-order valence-electron chi connectivity index (χ1n) is 6.86. The Labute approximate surface area is 132 Å². The maximum absolute atomic E-state index is 11.6.